The van der Waals surface area contributed by atoms with Gasteiger partial charge in [-0.25, -0.2) is 0 Å². The van der Waals surface area contributed by atoms with Crippen molar-refractivity contribution in [2.75, 3.05) is 42.9 Å². The van der Waals surface area contributed by atoms with Gasteiger partial charge >= 0.3 is 0 Å². The number of pyridine rings is 1. The number of anilines is 2. The Kier molecular flexibility index (Phi) is 6.84. The van der Waals surface area contributed by atoms with E-state index in [2.05, 4.69) is 46.1 Å². The average Bonchev–Trinajstić information content (AvgIpc) is 2.83. The molecule has 0 atom stereocenters. The highest BCUT2D eigenvalue weighted by atomic mass is 16.6. The summed E-state index contributed by atoms with van der Waals surface area (Å²) in [6.07, 6.45) is 4.97. The third-order valence-electron chi connectivity index (χ3n) is 6.31. The van der Waals surface area contributed by atoms with Gasteiger partial charge in [0.2, 0.25) is 5.91 Å². The molecular weight excluding hydrogens is 418 g/mol. The summed E-state index contributed by atoms with van der Waals surface area (Å²) in [4.78, 5) is 32.3. The summed E-state index contributed by atoms with van der Waals surface area (Å²) in [6, 6.07) is 11.4. The number of rotatable bonds is 7. The zero-order chi connectivity index (χ0) is 23.4. The van der Waals surface area contributed by atoms with Crippen LogP contribution in [-0.4, -0.2) is 53.4 Å². The largest absolute Gasteiger partial charge is 0.368 e. The van der Waals surface area contributed by atoms with Gasteiger partial charge in [-0.3, -0.25) is 24.8 Å². The summed E-state index contributed by atoms with van der Waals surface area (Å²) in [5.74, 6) is 0.00547. The number of nitro groups is 1. The molecule has 1 fully saturated rings. The smallest absolute Gasteiger partial charge is 0.278 e. The van der Waals surface area contributed by atoms with Gasteiger partial charge in [-0.05, 0) is 36.1 Å². The molecule has 1 amide bonds. The second kappa shape index (κ2) is 9.95. The number of nitrogens with one attached hydrogen (secondary N) is 1. The number of piperazine rings is 1. The Labute approximate surface area is 193 Å². The van der Waals surface area contributed by atoms with Gasteiger partial charge in [-0.1, -0.05) is 32.0 Å². The van der Waals surface area contributed by atoms with Crippen LogP contribution < -0.4 is 10.2 Å². The Balaban J connectivity index is 1.42. The minimum absolute atomic E-state index is 0.00547. The number of aryl methyl sites for hydroxylation is 2. The van der Waals surface area contributed by atoms with E-state index in [1.165, 1.54) is 0 Å². The minimum Gasteiger partial charge on any atom is -0.368 e. The molecule has 1 aromatic heterocycles. The molecule has 1 aliphatic heterocycles. The van der Waals surface area contributed by atoms with Crippen LogP contribution >= 0.6 is 0 Å². The number of benzene rings is 2. The summed E-state index contributed by atoms with van der Waals surface area (Å²) in [5.41, 5.74) is 4.30. The van der Waals surface area contributed by atoms with Crippen LogP contribution in [0, 0.1) is 10.1 Å². The number of hydrogen-bond donors (Lipinski definition) is 1. The lowest BCUT2D eigenvalue weighted by Crippen LogP contribution is -2.48. The third kappa shape index (κ3) is 4.80. The van der Waals surface area contributed by atoms with E-state index in [4.69, 9.17) is 0 Å². The topological polar surface area (TPSA) is 91.6 Å². The first-order valence-corrected chi connectivity index (χ1v) is 11.4. The van der Waals surface area contributed by atoms with Gasteiger partial charge in [0.05, 0.1) is 16.9 Å². The molecule has 1 N–H and O–H groups in total. The highest BCUT2D eigenvalue weighted by Gasteiger charge is 2.23. The molecule has 0 saturated carbocycles. The van der Waals surface area contributed by atoms with Crippen molar-refractivity contribution in [2.45, 2.75) is 26.7 Å². The van der Waals surface area contributed by atoms with E-state index < -0.39 is 0 Å². The van der Waals surface area contributed by atoms with Gasteiger partial charge < -0.3 is 10.2 Å². The molecule has 0 radical (unpaired) electrons. The number of para-hydroxylation sites is 1. The minimum atomic E-state index is -0.370. The fourth-order valence-electron chi connectivity index (χ4n) is 4.53. The molecule has 1 aliphatic rings. The standard InChI is InChI=1S/C25H29N5O3/c1-3-18-6-5-7-19(4-2)25(18)27-24(31)17-28-12-14-29(15-13-28)22-8-9-23(30(32)33)21-16-26-11-10-20(21)22/h5-11,16H,3-4,12-15,17H2,1-2H3,(H,27,31). The number of nitrogens with zero attached hydrogens (tertiary/aromatic N) is 4. The van der Waals surface area contributed by atoms with Gasteiger partial charge in [0.25, 0.3) is 5.69 Å². The maximum absolute atomic E-state index is 12.8. The van der Waals surface area contributed by atoms with Crippen LogP contribution in [0.1, 0.15) is 25.0 Å². The molecule has 4 rings (SSSR count). The van der Waals surface area contributed by atoms with Crippen LogP contribution in [0.25, 0.3) is 10.8 Å². The molecule has 2 aromatic carbocycles. The van der Waals surface area contributed by atoms with Crippen molar-refractivity contribution in [3.8, 4) is 0 Å². The first-order valence-electron chi connectivity index (χ1n) is 11.4. The fourth-order valence-corrected chi connectivity index (χ4v) is 4.53. The van der Waals surface area contributed by atoms with E-state index in [9.17, 15) is 14.9 Å². The van der Waals surface area contributed by atoms with Crippen molar-refractivity contribution in [2.24, 2.45) is 0 Å². The Hall–Kier alpha value is -3.52. The maximum Gasteiger partial charge on any atom is 0.278 e. The van der Waals surface area contributed by atoms with Crippen molar-refractivity contribution in [1.29, 1.82) is 0 Å². The number of amides is 1. The Morgan fingerprint density at radius 2 is 1.73 bits per heavy atom. The zero-order valence-corrected chi connectivity index (χ0v) is 19.1. The van der Waals surface area contributed by atoms with Gasteiger partial charge in [-0.15, -0.1) is 0 Å². The number of hydrogen-bond acceptors (Lipinski definition) is 6. The van der Waals surface area contributed by atoms with E-state index in [1.54, 1.807) is 18.5 Å². The second-order valence-corrected chi connectivity index (χ2v) is 8.25. The molecule has 172 valence electrons. The SMILES string of the molecule is CCc1cccc(CC)c1NC(=O)CN1CCN(c2ccc([N+](=O)[O-])c3cnccc23)CC1. The highest BCUT2D eigenvalue weighted by molar-refractivity contribution is 5.99. The van der Waals surface area contributed by atoms with E-state index in [-0.39, 0.29) is 16.5 Å². The van der Waals surface area contributed by atoms with Crippen molar-refractivity contribution >= 4 is 33.7 Å². The molecule has 33 heavy (non-hydrogen) atoms. The second-order valence-electron chi connectivity index (χ2n) is 8.25. The molecule has 0 aliphatic carbocycles. The maximum atomic E-state index is 12.8. The summed E-state index contributed by atoms with van der Waals surface area (Å²) < 4.78 is 0. The lowest BCUT2D eigenvalue weighted by Gasteiger charge is -2.36. The first kappa shape index (κ1) is 22.7. The zero-order valence-electron chi connectivity index (χ0n) is 19.1. The Morgan fingerprint density at radius 3 is 2.36 bits per heavy atom. The predicted molar refractivity (Wildman–Crippen MR) is 131 cm³/mol. The Bertz CT molecular complexity index is 1150. The molecule has 0 spiro atoms. The lowest BCUT2D eigenvalue weighted by atomic mass is 10.0. The van der Waals surface area contributed by atoms with Crippen molar-refractivity contribution in [1.82, 2.24) is 9.88 Å². The van der Waals surface area contributed by atoms with Crippen LogP contribution in [0.15, 0.2) is 48.8 Å². The van der Waals surface area contributed by atoms with Gasteiger partial charge in [0.1, 0.15) is 0 Å². The summed E-state index contributed by atoms with van der Waals surface area (Å²) in [7, 11) is 0. The van der Waals surface area contributed by atoms with Gasteiger partial charge in [0.15, 0.2) is 0 Å². The number of nitro benzene ring substituents is 1. The summed E-state index contributed by atoms with van der Waals surface area (Å²) in [6.45, 7) is 7.52. The van der Waals surface area contributed by atoms with Crippen LogP contribution in [0.3, 0.4) is 0 Å². The lowest BCUT2D eigenvalue weighted by molar-refractivity contribution is -0.383. The third-order valence-corrected chi connectivity index (χ3v) is 6.31. The molecule has 2 heterocycles. The predicted octanol–water partition coefficient (Wildman–Crippen LogP) is 4.03. The monoisotopic (exact) mass is 447 g/mol. The number of non-ortho nitro benzene ring substituents is 1. The number of aromatic nitrogens is 1. The van der Waals surface area contributed by atoms with E-state index >= 15 is 0 Å². The van der Waals surface area contributed by atoms with E-state index in [1.807, 2.05) is 18.2 Å². The molecular formula is C25H29N5O3. The molecule has 8 heteroatoms. The Morgan fingerprint density at radius 1 is 1.03 bits per heavy atom. The highest BCUT2D eigenvalue weighted by Crippen LogP contribution is 2.33. The van der Waals surface area contributed by atoms with Crippen molar-refractivity contribution in [3.63, 3.8) is 0 Å². The van der Waals surface area contributed by atoms with E-state index in [0.29, 0.717) is 11.9 Å². The number of carbonyl (C=O) groups excluding carboxylic acids is 1. The molecule has 0 unspecified atom stereocenters. The summed E-state index contributed by atoms with van der Waals surface area (Å²) >= 11 is 0. The van der Waals surface area contributed by atoms with Gasteiger partial charge in [-0.2, -0.15) is 0 Å². The van der Waals surface area contributed by atoms with E-state index in [0.717, 1.165) is 66.9 Å². The van der Waals surface area contributed by atoms with Gasteiger partial charge in [0, 0.05) is 61.4 Å². The average molecular weight is 448 g/mol. The van der Waals surface area contributed by atoms with Crippen molar-refractivity contribution in [3.05, 3.63) is 70.0 Å². The van der Waals surface area contributed by atoms with Crippen LogP contribution in [0.5, 0.6) is 0 Å². The quantitative estimate of drug-likeness (QED) is 0.434. The van der Waals surface area contributed by atoms with Crippen molar-refractivity contribution < 1.29 is 9.72 Å². The normalized spacial score (nSPS) is 14.4. The number of carbonyl (C=O) groups is 1. The molecule has 3 aromatic rings. The molecule has 1 saturated heterocycles. The molecule has 8 nitrogen and oxygen atoms in total. The van der Waals surface area contributed by atoms with Crippen LogP contribution in [0.2, 0.25) is 0 Å². The number of fused-ring (bicyclic) bond motifs is 1. The first-order chi connectivity index (χ1) is 16.0. The van der Waals surface area contributed by atoms with Crippen LogP contribution in [-0.2, 0) is 17.6 Å². The van der Waals surface area contributed by atoms with Crippen LogP contribution in [0.4, 0.5) is 17.1 Å². The summed E-state index contributed by atoms with van der Waals surface area (Å²) in [5, 5.41) is 15.9. The molecule has 0 bridgehead atoms. The fraction of sp³-hybridized carbons (Fsp3) is 0.360.